The van der Waals surface area contributed by atoms with Gasteiger partial charge in [-0.1, -0.05) is 17.7 Å². The topological polar surface area (TPSA) is 42.0 Å². The van der Waals surface area contributed by atoms with E-state index in [2.05, 4.69) is 37.8 Å². The quantitative estimate of drug-likeness (QED) is 0.793. The van der Waals surface area contributed by atoms with Gasteiger partial charge in [0, 0.05) is 44.4 Å². The fourth-order valence-electron chi connectivity index (χ4n) is 3.91. The van der Waals surface area contributed by atoms with Crippen molar-refractivity contribution in [3.8, 4) is 11.5 Å². The molecule has 0 radical (unpaired) electrons. The van der Waals surface area contributed by atoms with Gasteiger partial charge in [0.05, 0.1) is 14.2 Å². The number of aryl methyl sites for hydroxylation is 3. The summed E-state index contributed by atoms with van der Waals surface area (Å²) in [4.78, 5) is 17.3. The van der Waals surface area contributed by atoms with Gasteiger partial charge in [0.15, 0.2) is 0 Å². The first-order valence-electron chi connectivity index (χ1n) is 9.72. The van der Waals surface area contributed by atoms with E-state index in [1.165, 1.54) is 22.3 Å². The summed E-state index contributed by atoms with van der Waals surface area (Å²) in [6.07, 6.45) is 0. The Morgan fingerprint density at radius 2 is 1.39 bits per heavy atom. The standard InChI is InChI=1S/C23H30N2O3/c1-16-10-17(2)22(18(3)11-16)15-24-6-8-25(9-7-24)23(26)19-12-20(27-4)14-21(13-19)28-5/h10-14H,6-9,15H2,1-5H3. The molecule has 1 amide bonds. The van der Waals surface area contributed by atoms with Crippen LogP contribution in [0.5, 0.6) is 11.5 Å². The summed E-state index contributed by atoms with van der Waals surface area (Å²) in [5, 5.41) is 0. The minimum absolute atomic E-state index is 0.0274. The minimum Gasteiger partial charge on any atom is -0.497 e. The number of methoxy groups -OCH3 is 2. The molecule has 2 aromatic rings. The molecule has 0 N–H and O–H groups in total. The highest BCUT2D eigenvalue weighted by atomic mass is 16.5. The highest BCUT2D eigenvalue weighted by Gasteiger charge is 2.23. The zero-order valence-electron chi connectivity index (χ0n) is 17.5. The third kappa shape index (κ3) is 4.47. The largest absolute Gasteiger partial charge is 0.497 e. The summed E-state index contributed by atoms with van der Waals surface area (Å²) >= 11 is 0. The van der Waals surface area contributed by atoms with Gasteiger partial charge in [0.1, 0.15) is 11.5 Å². The van der Waals surface area contributed by atoms with Crippen molar-refractivity contribution in [1.29, 1.82) is 0 Å². The van der Waals surface area contributed by atoms with Gasteiger partial charge in [-0.15, -0.1) is 0 Å². The van der Waals surface area contributed by atoms with Crippen LogP contribution in [0, 0.1) is 20.8 Å². The van der Waals surface area contributed by atoms with E-state index in [4.69, 9.17) is 9.47 Å². The molecule has 2 aromatic carbocycles. The van der Waals surface area contributed by atoms with Crippen molar-refractivity contribution in [2.24, 2.45) is 0 Å². The van der Waals surface area contributed by atoms with Crippen LogP contribution in [0.4, 0.5) is 0 Å². The highest BCUT2D eigenvalue weighted by Crippen LogP contribution is 2.24. The van der Waals surface area contributed by atoms with E-state index in [0.29, 0.717) is 17.1 Å². The smallest absolute Gasteiger partial charge is 0.254 e. The number of hydrogen-bond donors (Lipinski definition) is 0. The highest BCUT2D eigenvalue weighted by molar-refractivity contribution is 5.95. The van der Waals surface area contributed by atoms with Gasteiger partial charge in [0.2, 0.25) is 0 Å². The molecule has 0 unspecified atom stereocenters. The third-order valence-electron chi connectivity index (χ3n) is 5.48. The monoisotopic (exact) mass is 382 g/mol. The molecule has 0 saturated carbocycles. The number of hydrogen-bond acceptors (Lipinski definition) is 4. The van der Waals surface area contributed by atoms with E-state index in [1.807, 2.05) is 4.90 Å². The Kier molecular flexibility index (Phi) is 6.25. The molecule has 150 valence electrons. The molecule has 0 atom stereocenters. The van der Waals surface area contributed by atoms with Crippen LogP contribution in [-0.2, 0) is 6.54 Å². The van der Waals surface area contributed by atoms with Gasteiger partial charge in [-0.2, -0.15) is 0 Å². The van der Waals surface area contributed by atoms with E-state index in [0.717, 1.165) is 32.7 Å². The van der Waals surface area contributed by atoms with Gasteiger partial charge in [-0.25, -0.2) is 0 Å². The number of carbonyl (C=O) groups excluding carboxylic acids is 1. The number of nitrogens with zero attached hydrogens (tertiary/aromatic N) is 2. The van der Waals surface area contributed by atoms with Crippen LogP contribution in [-0.4, -0.2) is 56.1 Å². The molecular formula is C23H30N2O3. The Balaban J connectivity index is 1.65. The summed E-state index contributed by atoms with van der Waals surface area (Å²) in [6, 6.07) is 9.82. The molecule has 1 aliphatic rings. The summed E-state index contributed by atoms with van der Waals surface area (Å²) < 4.78 is 10.6. The van der Waals surface area contributed by atoms with E-state index in [-0.39, 0.29) is 5.91 Å². The Labute approximate surface area is 167 Å². The number of carbonyl (C=O) groups is 1. The average Bonchev–Trinajstić information content (AvgIpc) is 2.70. The molecule has 5 nitrogen and oxygen atoms in total. The van der Waals surface area contributed by atoms with Crippen molar-refractivity contribution in [3.63, 3.8) is 0 Å². The van der Waals surface area contributed by atoms with E-state index in [9.17, 15) is 4.79 Å². The van der Waals surface area contributed by atoms with E-state index < -0.39 is 0 Å². The van der Waals surface area contributed by atoms with Crippen LogP contribution in [0.25, 0.3) is 0 Å². The molecule has 0 aliphatic carbocycles. The van der Waals surface area contributed by atoms with E-state index in [1.54, 1.807) is 32.4 Å². The lowest BCUT2D eigenvalue weighted by Crippen LogP contribution is -2.48. The second-order valence-electron chi connectivity index (χ2n) is 7.55. The van der Waals surface area contributed by atoms with Crippen LogP contribution in [0.2, 0.25) is 0 Å². The Morgan fingerprint density at radius 3 is 1.89 bits per heavy atom. The zero-order chi connectivity index (χ0) is 20.3. The van der Waals surface area contributed by atoms with Gasteiger partial charge in [-0.05, 0) is 49.6 Å². The van der Waals surface area contributed by atoms with Gasteiger partial charge < -0.3 is 14.4 Å². The molecule has 0 aromatic heterocycles. The van der Waals surface area contributed by atoms with Gasteiger partial charge in [-0.3, -0.25) is 9.69 Å². The molecule has 0 bridgehead atoms. The normalized spacial score (nSPS) is 14.8. The lowest BCUT2D eigenvalue weighted by Gasteiger charge is -2.35. The summed E-state index contributed by atoms with van der Waals surface area (Å²) in [7, 11) is 3.19. The number of rotatable bonds is 5. The van der Waals surface area contributed by atoms with E-state index >= 15 is 0 Å². The van der Waals surface area contributed by atoms with Crippen molar-refractivity contribution in [2.75, 3.05) is 40.4 Å². The first kappa shape index (κ1) is 20.2. The van der Waals surface area contributed by atoms with Crippen molar-refractivity contribution in [1.82, 2.24) is 9.80 Å². The van der Waals surface area contributed by atoms with Crippen LogP contribution in [0.1, 0.15) is 32.6 Å². The second kappa shape index (κ2) is 8.65. The number of piperazine rings is 1. The Morgan fingerprint density at radius 1 is 0.857 bits per heavy atom. The maximum atomic E-state index is 12.9. The summed E-state index contributed by atoms with van der Waals surface area (Å²) in [6.45, 7) is 10.6. The maximum absolute atomic E-state index is 12.9. The lowest BCUT2D eigenvalue weighted by atomic mass is 9.99. The second-order valence-corrected chi connectivity index (χ2v) is 7.55. The fraction of sp³-hybridized carbons (Fsp3) is 0.435. The molecule has 1 heterocycles. The Bertz CT molecular complexity index is 810. The van der Waals surface area contributed by atoms with Gasteiger partial charge >= 0.3 is 0 Å². The molecule has 1 saturated heterocycles. The lowest BCUT2D eigenvalue weighted by molar-refractivity contribution is 0.0627. The van der Waals surface area contributed by atoms with Gasteiger partial charge in [0.25, 0.3) is 5.91 Å². The molecule has 1 fully saturated rings. The first-order valence-corrected chi connectivity index (χ1v) is 9.72. The molecule has 3 rings (SSSR count). The number of amides is 1. The average molecular weight is 383 g/mol. The molecular weight excluding hydrogens is 352 g/mol. The number of ether oxygens (including phenoxy) is 2. The summed E-state index contributed by atoms with van der Waals surface area (Å²) in [5.41, 5.74) is 6.01. The fourth-order valence-corrected chi connectivity index (χ4v) is 3.91. The van der Waals surface area contributed by atoms with Crippen LogP contribution >= 0.6 is 0 Å². The number of benzene rings is 2. The van der Waals surface area contributed by atoms with Crippen LogP contribution < -0.4 is 9.47 Å². The van der Waals surface area contributed by atoms with Crippen LogP contribution in [0.3, 0.4) is 0 Å². The van der Waals surface area contributed by atoms with Crippen molar-refractivity contribution >= 4 is 5.91 Å². The third-order valence-corrected chi connectivity index (χ3v) is 5.48. The first-order chi connectivity index (χ1) is 13.4. The predicted octanol–water partition coefficient (Wildman–Crippen LogP) is 3.59. The predicted molar refractivity (Wildman–Crippen MR) is 111 cm³/mol. The maximum Gasteiger partial charge on any atom is 0.254 e. The Hall–Kier alpha value is -2.53. The zero-order valence-corrected chi connectivity index (χ0v) is 17.5. The van der Waals surface area contributed by atoms with Crippen molar-refractivity contribution < 1.29 is 14.3 Å². The van der Waals surface area contributed by atoms with Crippen molar-refractivity contribution in [2.45, 2.75) is 27.3 Å². The molecule has 28 heavy (non-hydrogen) atoms. The SMILES string of the molecule is COc1cc(OC)cc(C(=O)N2CCN(Cc3c(C)cc(C)cc3C)CC2)c1. The van der Waals surface area contributed by atoms with Crippen molar-refractivity contribution in [3.05, 3.63) is 58.1 Å². The summed E-state index contributed by atoms with van der Waals surface area (Å²) in [5.74, 6) is 1.29. The van der Waals surface area contributed by atoms with Crippen LogP contribution in [0.15, 0.2) is 30.3 Å². The molecule has 0 spiro atoms. The molecule has 1 aliphatic heterocycles. The molecule has 5 heteroatoms. The minimum atomic E-state index is 0.0274.